The summed E-state index contributed by atoms with van der Waals surface area (Å²) in [7, 11) is 1.41. The Bertz CT molecular complexity index is 233. The first kappa shape index (κ1) is 14.3. The zero-order valence-electron chi connectivity index (χ0n) is 9.63. The van der Waals surface area contributed by atoms with E-state index >= 15 is 0 Å². The summed E-state index contributed by atoms with van der Waals surface area (Å²) in [4.78, 5) is 11.3. The molecule has 0 heterocycles. The van der Waals surface area contributed by atoms with Crippen LogP contribution in [0.4, 0.5) is 0 Å². The summed E-state index contributed by atoms with van der Waals surface area (Å²) < 4.78 is 4.70. The Kier molecular flexibility index (Phi) is 7.27. The molecular formula is C11H19NO2S. The van der Waals surface area contributed by atoms with Gasteiger partial charge >= 0.3 is 5.97 Å². The number of rotatable bonds is 7. The molecule has 0 rings (SSSR count). The number of ether oxygens (including phenoxy) is 1. The molecule has 0 aromatic rings. The van der Waals surface area contributed by atoms with Crippen LogP contribution in [0.2, 0.25) is 0 Å². The first-order valence-corrected chi connectivity index (χ1v) is 6.00. The summed E-state index contributed by atoms with van der Waals surface area (Å²) in [5, 5.41) is 3.21. The zero-order chi connectivity index (χ0) is 11.7. The fourth-order valence-corrected chi connectivity index (χ4v) is 1.58. The molecule has 0 bridgehead atoms. The van der Waals surface area contributed by atoms with Gasteiger partial charge in [-0.25, -0.2) is 0 Å². The number of esters is 1. The lowest BCUT2D eigenvalue weighted by Crippen LogP contribution is -2.37. The Morgan fingerprint density at radius 1 is 1.60 bits per heavy atom. The fourth-order valence-electron chi connectivity index (χ4n) is 1.02. The first-order valence-electron chi connectivity index (χ1n) is 4.85. The third-order valence-electron chi connectivity index (χ3n) is 1.91. The predicted molar refractivity (Wildman–Crippen MR) is 64.8 cm³/mol. The highest BCUT2D eigenvalue weighted by Crippen LogP contribution is 2.15. The second-order valence-corrected chi connectivity index (χ2v) is 4.91. The standard InChI is InChI=1S/C11H19NO2S/c1-5-7-15-8-6-12-9-11(2,3)10(13)14-4/h1,12H,6-9H2,2-4H3. The van der Waals surface area contributed by atoms with E-state index in [1.165, 1.54) is 7.11 Å². The average Bonchev–Trinajstić information content (AvgIpc) is 2.22. The molecule has 0 aromatic carbocycles. The molecule has 3 nitrogen and oxygen atoms in total. The number of methoxy groups -OCH3 is 1. The zero-order valence-corrected chi connectivity index (χ0v) is 10.4. The van der Waals surface area contributed by atoms with Gasteiger partial charge < -0.3 is 10.1 Å². The highest BCUT2D eigenvalue weighted by molar-refractivity contribution is 7.99. The van der Waals surface area contributed by atoms with E-state index in [0.717, 1.165) is 18.1 Å². The number of hydrogen-bond acceptors (Lipinski definition) is 4. The quantitative estimate of drug-likeness (QED) is 0.404. The molecule has 0 aliphatic rings. The van der Waals surface area contributed by atoms with Crippen molar-refractivity contribution in [2.24, 2.45) is 5.41 Å². The van der Waals surface area contributed by atoms with Crippen LogP contribution in [0.3, 0.4) is 0 Å². The van der Waals surface area contributed by atoms with Crippen LogP contribution in [0.15, 0.2) is 0 Å². The predicted octanol–water partition coefficient (Wildman–Crippen LogP) is 1.14. The Morgan fingerprint density at radius 3 is 2.80 bits per heavy atom. The van der Waals surface area contributed by atoms with E-state index in [1.54, 1.807) is 11.8 Å². The summed E-state index contributed by atoms with van der Waals surface area (Å²) in [6, 6.07) is 0. The monoisotopic (exact) mass is 229 g/mol. The van der Waals surface area contributed by atoms with Gasteiger partial charge in [-0.3, -0.25) is 4.79 Å². The lowest BCUT2D eigenvalue weighted by molar-refractivity contribution is -0.150. The summed E-state index contributed by atoms with van der Waals surface area (Å²) in [5.74, 6) is 4.07. The highest BCUT2D eigenvalue weighted by atomic mass is 32.2. The van der Waals surface area contributed by atoms with Crippen molar-refractivity contribution in [2.45, 2.75) is 13.8 Å². The molecule has 1 N–H and O–H groups in total. The molecule has 0 radical (unpaired) electrons. The normalized spacial score (nSPS) is 10.8. The van der Waals surface area contributed by atoms with Crippen molar-refractivity contribution >= 4 is 17.7 Å². The number of thioether (sulfide) groups is 1. The fraction of sp³-hybridized carbons (Fsp3) is 0.727. The number of carbonyl (C=O) groups excluding carboxylic acids is 1. The van der Waals surface area contributed by atoms with Gasteiger partial charge in [0, 0.05) is 18.8 Å². The molecule has 0 aliphatic heterocycles. The van der Waals surface area contributed by atoms with E-state index < -0.39 is 5.41 Å². The van der Waals surface area contributed by atoms with Crippen LogP contribution in [-0.4, -0.2) is 37.7 Å². The Hall–Kier alpha value is -0.660. The molecule has 4 heteroatoms. The van der Waals surface area contributed by atoms with Crippen LogP contribution >= 0.6 is 11.8 Å². The van der Waals surface area contributed by atoms with Gasteiger partial charge in [0.2, 0.25) is 0 Å². The second kappa shape index (κ2) is 7.61. The number of nitrogens with one attached hydrogen (secondary N) is 1. The summed E-state index contributed by atoms with van der Waals surface area (Å²) in [6.45, 7) is 5.20. The van der Waals surface area contributed by atoms with E-state index in [-0.39, 0.29) is 5.97 Å². The minimum Gasteiger partial charge on any atom is -0.469 e. The smallest absolute Gasteiger partial charge is 0.312 e. The maximum Gasteiger partial charge on any atom is 0.312 e. The largest absolute Gasteiger partial charge is 0.469 e. The van der Waals surface area contributed by atoms with Crippen LogP contribution in [0.5, 0.6) is 0 Å². The summed E-state index contributed by atoms with van der Waals surface area (Å²) >= 11 is 1.70. The van der Waals surface area contributed by atoms with Crippen molar-refractivity contribution in [3.05, 3.63) is 0 Å². The van der Waals surface area contributed by atoms with Gasteiger partial charge in [0.05, 0.1) is 18.3 Å². The van der Waals surface area contributed by atoms with Gasteiger partial charge in [0.15, 0.2) is 0 Å². The van der Waals surface area contributed by atoms with Gasteiger partial charge in [-0.1, -0.05) is 5.92 Å². The molecule has 0 fully saturated rings. The van der Waals surface area contributed by atoms with Crippen LogP contribution in [0.1, 0.15) is 13.8 Å². The van der Waals surface area contributed by atoms with Crippen LogP contribution in [0, 0.1) is 17.8 Å². The van der Waals surface area contributed by atoms with Gasteiger partial charge in [-0.05, 0) is 13.8 Å². The molecule has 0 aromatic heterocycles. The van der Waals surface area contributed by atoms with E-state index in [2.05, 4.69) is 11.2 Å². The van der Waals surface area contributed by atoms with Crippen molar-refractivity contribution in [3.8, 4) is 12.3 Å². The van der Waals surface area contributed by atoms with Crippen molar-refractivity contribution in [3.63, 3.8) is 0 Å². The van der Waals surface area contributed by atoms with Gasteiger partial charge in [0.1, 0.15) is 0 Å². The van der Waals surface area contributed by atoms with Crippen LogP contribution < -0.4 is 5.32 Å². The summed E-state index contributed by atoms with van der Waals surface area (Å²) in [5.41, 5.74) is -0.467. The van der Waals surface area contributed by atoms with Crippen molar-refractivity contribution in [2.75, 3.05) is 31.7 Å². The molecule has 15 heavy (non-hydrogen) atoms. The van der Waals surface area contributed by atoms with Gasteiger partial charge in [0.25, 0.3) is 0 Å². The molecule has 0 spiro atoms. The maximum atomic E-state index is 11.3. The minimum atomic E-state index is -0.467. The highest BCUT2D eigenvalue weighted by Gasteiger charge is 2.27. The Labute approximate surface area is 96.3 Å². The first-order chi connectivity index (χ1) is 7.04. The molecule has 0 amide bonds. The third-order valence-corrected chi connectivity index (χ3v) is 2.78. The third kappa shape index (κ3) is 6.43. The van der Waals surface area contributed by atoms with Crippen molar-refractivity contribution in [1.82, 2.24) is 5.32 Å². The number of hydrogen-bond donors (Lipinski definition) is 1. The molecule has 0 saturated heterocycles. The molecule has 0 atom stereocenters. The molecule has 0 aliphatic carbocycles. The minimum absolute atomic E-state index is 0.189. The lowest BCUT2D eigenvalue weighted by atomic mass is 9.94. The van der Waals surface area contributed by atoms with E-state index in [1.807, 2.05) is 13.8 Å². The van der Waals surface area contributed by atoms with E-state index in [4.69, 9.17) is 11.2 Å². The topological polar surface area (TPSA) is 38.3 Å². The van der Waals surface area contributed by atoms with Gasteiger partial charge in [-0.15, -0.1) is 18.2 Å². The van der Waals surface area contributed by atoms with Crippen LogP contribution in [-0.2, 0) is 9.53 Å². The Morgan fingerprint density at radius 2 is 2.27 bits per heavy atom. The van der Waals surface area contributed by atoms with Crippen molar-refractivity contribution < 1.29 is 9.53 Å². The lowest BCUT2D eigenvalue weighted by Gasteiger charge is -2.21. The van der Waals surface area contributed by atoms with Crippen LogP contribution in [0.25, 0.3) is 0 Å². The molecular weight excluding hydrogens is 210 g/mol. The number of terminal acetylenes is 1. The van der Waals surface area contributed by atoms with Gasteiger partial charge in [-0.2, -0.15) is 0 Å². The van der Waals surface area contributed by atoms with Crippen molar-refractivity contribution in [1.29, 1.82) is 0 Å². The number of carbonyl (C=O) groups is 1. The van der Waals surface area contributed by atoms with E-state index in [9.17, 15) is 4.79 Å². The molecule has 86 valence electrons. The Balaban J connectivity index is 3.58. The average molecular weight is 229 g/mol. The second-order valence-electron chi connectivity index (χ2n) is 3.81. The molecule has 0 unspecified atom stereocenters. The SMILES string of the molecule is C#CCSCCNCC(C)(C)C(=O)OC. The summed E-state index contributed by atoms with van der Waals surface area (Å²) in [6.07, 6.45) is 5.12. The maximum absolute atomic E-state index is 11.3. The molecule has 0 saturated carbocycles. The van der Waals surface area contributed by atoms with E-state index in [0.29, 0.717) is 6.54 Å².